The van der Waals surface area contributed by atoms with E-state index < -0.39 is 0 Å². The van der Waals surface area contributed by atoms with E-state index in [9.17, 15) is 4.39 Å². The molecule has 2 aliphatic heterocycles. The van der Waals surface area contributed by atoms with Crippen molar-refractivity contribution in [3.63, 3.8) is 0 Å². The first-order valence-electron chi connectivity index (χ1n) is 6.98. The summed E-state index contributed by atoms with van der Waals surface area (Å²) < 4.78 is 19.1. The molecular weight excluding hydrogens is 309 g/mol. The molecule has 3 rings (SSSR count). The van der Waals surface area contributed by atoms with Crippen LogP contribution in [0.5, 0.6) is 5.75 Å². The first-order valence-corrected chi connectivity index (χ1v) is 8.10. The van der Waals surface area contributed by atoms with Gasteiger partial charge in [0.1, 0.15) is 17.7 Å². The Bertz CT molecular complexity index is 454. The minimum Gasteiger partial charge on any atom is -0.488 e. The van der Waals surface area contributed by atoms with Gasteiger partial charge in [0.05, 0.1) is 0 Å². The SMILES string of the molecule is Fc1ccc2c(c1)CC(CN1CCC(CCBr)C1)O2. The third-order valence-corrected chi connectivity index (χ3v) is 4.57. The molecule has 4 heteroatoms. The zero-order chi connectivity index (χ0) is 13.2. The van der Waals surface area contributed by atoms with Crippen LogP contribution in [0.25, 0.3) is 0 Å². The van der Waals surface area contributed by atoms with E-state index >= 15 is 0 Å². The first-order chi connectivity index (χ1) is 9.24. The average Bonchev–Trinajstić information content (AvgIpc) is 2.96. The number of ether oxygens (including phenoxy) is 1. The molecule has 0 N–H and O–H groups in total. The second-order valence-corrected chi connectivity index (χ2v) is 6.38. The summed E-state index contributed by atoms with van der Waals surface area (Å²) in [6, 6.07) is 4.83. The Balaban J connectivity index is 1.54. The normalized spacial score (nSPS) is 26.4. The highest BCUT2D eigenvalue weighted by atomic mass is 79.9. The first kappa shape index (κ1) is 13.4. The van der Waals surface area contributed by atoms with E-state index in [2.05, 4.69) is 20.8 Å². The summed E-state index contributed by atoms with van der Waals surface area (Å²) in [6.45, 7) is 3.31. The van der Waals surface area contributed by atoms with Gasteiger partial charge < -0.3 is 4.74 Å². The van der Waals surface area contributed by atoms with Crippen molar-refractivity contribution in [2.45, 2.75) is 25.4 Å². The molecule has 0 aliphatic carbocycles. The number of likely N-dealkylation sites (tertiary alicyclic amines) is 1. The van der Waals surface area contributed by atoms with Gasteiger partial charge in [-0.15, -0.1) is 0 Å². The van der Waals surface area contributed by atoms with Crippen LogP contribution in [0.4, 0.5) is 4.39 Å². The quantitative estimate of drug-likeness (QED) is 0.787. The van der Waals surface area contributed by atoms with Crippen molar-refractivity contribution in [2.75, 3.05) is 25.0 Å². The van der Waals surface area contributed by atoms with Gasteiger partial charge in [-0.2, -0.15) is 0 Å². The fourth-order valence-electron chi connectivity index (χ4n) is 3.15. The molecule has 1 fully saturated rings. The zero-order valence-electron chi connectivity index (χ0n) is 10.9. The van der Waals surface area contributed by atoms with E-state index in [1.165, 1.54) is 32.0 Å². The predicted molar refractivity (Wildman–Crippen MR) is 77.5 cm³/mol. The number of alkyl halides is 1. The minimum atomic E-state index is -0.165. The molecule has 2 heterocycles. The molecule has 0 radical (unpaired) electrons. The van der Waals surface area contributed by atoms with Gasteiger partial charge in [0.2, 0.25) is 0 Å². The molecule has 0 bridgehead atoms. The largest absolute Gasteiger partial charge is 0.488 e. The van der Waals surface area contributed by atoms with Gasteiger partial charge in [-0.3, -0.25) is 4.90 Å². The van der Waals surface area contributed by atoms with E-state index in [0.717, 1.165) is 35.5 Å². The van der Waals surface area contributed by atoms with Crippen molar-refractivity contribution in [1.29, 1.82) is 0 Å². The monoisotopic (exact) mass is 327 g/mol. The van der Waals surface area contributed by atoms with Gasteiger partial charge in [0.25, 0.3) is 0 Å². The van der Waals surface area contributed by atoms with Crippen LogP contribution in [0, 0.1) is 11.7 Å². The van der Waals surface area contributed by atoms with Crippen LogP contribution in [0.3, 0.4) is 0 Å². The van der Waals surface area contributed by atoms with Crippen molar-refractivity contribution in [3.8, 4) is 5.75 Å². The lowest BCUT2D eigenvalue weighted by molar-refractivity contribution is 0.165. The fourth-order valence-corrected chi connectivity index (χ4v) is 3.79. The molecule has 2 nitrogen and oxygen atoms in total. The molecule has 0 spiro atoms. The lowest BCUT2D eigenvalue weighted by atomic mass is 10.1. The average molecular weight is 328 g/mol. The van der Waals surface area contributed by atoms with Gasteiger partial charge in [-0.25, -0.2) is 4.39 Å². The van der Waals surface area contributed by atoms with Gasteiger partial charge in [-0.05, 0) is 43.5 Å². The third kappa shape index (κ3) is 3.11. The van der Waals surface area contributed by atoms with Crippen LogP contribution >= 0.6 is 15.9 Å². The van der Waals surface area contributed by atoms with Crippen molar-refractivity contribution in [1.82, 2.24) is 4.90 Å². The van der Waals surface area contributed by atoms with E-state index in [1.54, 1.807) is 12.1 Å². The molecular formula is C15H19BrFNO. The Labute approximate surface area is 122 Å². The summed E-state index contributed by atoms with van der Waals surface area (Å²) in [5.41, 5.74) is 1.02. The summed E-state index contributed by atoms with van der Waals surface area (Å²) in [5.74, 6) is 1.52. The second-order valence-electron chi connectivity index (χ2n) is 5.59. The van der Waals surface area contributed by atoms with Crippen LogP contribution < -0.4 is 4.74 Å². The van der Waals surface area contributed by atoms with Gasteiger partial charge >= 0.3 is 0 Å². The van der Waals surface area contributed by atoms with E-state index in [0.29, 0.717) is 0 Å². The highest BCUT2D eigenvalue weighted by molar-refractivity contribution is 9.09. The molecule has 0 saturated carbocycles. The Kier molecular flexibility index (Phi) is 4.08. The van der Waals surface area contributed by atoms with Crippen molar-refractivity contribution < 1.29 is 9.13 Å². The van der Waals surface area contributed by atoms with E-state index in [4.69, 9.17) is 4.74 Å². The number of fused-ring (bicyclic) bond motifs is 1. The molecule has 2 unspecified atom stereocenters. The number of nitrogens with zero attached hydrogens (tertiary/aromatic N) is 1. The number of hydrogen-bond acceptors (Lipinski definition) is 2. The molecule has 2 aliphatic rings. The summed E-state index contributed by atoms with van der Waals surface area (Å²) in [6.07, 6.45) is 3.58. The van der Waals surface area contributed by atoms with E-state index in [-0.39, 0.29) is 11.9 Å². The maximum absolute atomic E-state index is 13.2. The lowest BCUT2D eigenvalue weighted by Gasteiger charge is -2.20. The highest BCUT2D eigenvalue weighted by Crippen LogP contribution is 2.30. The maximum atomic E-state index is 13.2. The second kappa shape index (κ2) is 5.80. The molecule has 0 amide bonds. The summed E-state index contributed by atoms with van der Waals surface area (Å²) in [7, 11) is 0. The molecule has 19 heavy (non-hydrogen) atoms. The third-order valence-electron chi connectivity index (χ3n) is 4.11. The van der Waals surface area contributed by atoms with E-state index in [1.807, 2.05) is 0 Å². The number of benzene rings is 1. The van der Waals surface area contributed by atoms with Gasteiger partial charge in [-0.1, -0.05) is 15.9 Å². The lowest BCUT2D eigenvalue weighted by Crippen LogP contribution is -2.33. The number of hydrogen-bond donors (Lipinski definition) is 0. The predicted octanol–water partition coefficient (Wildman–Crippen LogP) is 3.24. The summed E-state index contributed by atoms with van der Waals surface area (Å²) in [4.78, 5) is 2.49. The summed E-state index contributed by atoms with van der Waals surface area (Å²) >= 11 is 3.52. The summed E-state index contributed by atoms with van der Waals surface area (Å²) in [5, 5.41) is 1.09. The zero-order valence-corrected chi connectivity index (χ0v) is 12.5. The highest BCUT2D eigenvalue weighted by Gasteiger charge is 2.28. The fraction of sp³-hybridized carbons (Fsp3) is 0.600. The molecule has 1 saturated heterocycles. The Morgan fingerprint density at radius 3 is 3.16 bits per heavy atom. The van der Waals surface area contributed by atoms with Gasteiger partial charge in [0, 0.05) is 30.4 Å². The van der Waals surface area contributed by atoms with Crippen molar-refractivity contribution >= 4 is 15.9 Å². The Morgan fingerprint density at radius 1 is 1.42 bits per heavy atom. The van der Waals surface area contributed by atoms with Crippen molar-refractivity contribution in [2.24, 2.45) is 5.92 Å². The van der Waals surface area contributed by atoms with Crippen molar-refractivity contribution in [3.05, 3.63) is 29.6 Å². The number of halogens is 2. The maximum Gasteiger partial charge on any atom is 0.123 e. The molecule has 104 valence electrons. The van der Waals surface area contributed by atoms with Crippen LogP contribution in [0.2, 0.25) is 0 Å². The Morgan fingerprint density at radius 2 is 2.32 bits per heavy atom. The smallest absolute Gasteiger partial charge is 0.123 e. The van der Waals surface area contributed by atoms with Gasteiger partial charge in [0.15, 0.2) is 0 Å². The van der Waals surface area contributed by atoms with Crippen LogP contribution in [0.1, 0.15) is 18.4 Å². The van der Waals surface area contributed by atoms with Crippen LogP contribution in [-0.4, -0.2) is 36.0 Å². The minimum absolute atomic E-state index is 0.165. The number of rotatable bonds is 4. The molecule has 1 aromatic carbocycles. The standard InChI is InChI=1S/C15H19BrFNO/c16-5-3-11-4-6-18(9-11)10-14-8-12-7-13(17)1-2-15(12)19-14/h1-2,7,11,14H,3-6,8-10H2. The molecule has 2 atom stereocenters. The Hall–Kier alpha value is -0.610. The van der Waals surface area contributed by atoms with Crippen LogP contribution in [-0.2, 0) is 6.42 Å². The molecule has 1 aromatic rings. The van der Waals surface area contributed by atoms with Crippen LogP contribution in [0.15, 0.2) is 18.2 Å². The molecule has 0 aromatic heterocycles. The topological polar surface area (TPSA) is 12.5 Å².